The second-order valence-electron chi connectivity index (χ2n) is 4.75. The van der Waals surface area contributed by atoms with Gasteiger partial charge in [-0.1, -0.05) is 19.1 Å². The van der Waals surface area contributed by atoms with Crippen LogP contribution in [0.1, 0.15) is 25.3 Å². The third-order valence-corrected chi connectivity index (χ3v) is 3.01. The van der Waals surface area contributed by atoms with E-state index >= 15 is 0 Å². The zero-order valence-electron chi connectivity index (χ0n) is 12.4. The topological polar surface area (TPSA) is 119 Å². The molecular formula is C15H20N2O5. The SMILES string of the molecule is CCc1ccc(OCC(=O)N[C@@H](CCC(N)=O)C(=O)O)cc1. The molecule has 0 bridgehead atoms. The molecule has 1 rings (SSSR count). The van der Waals surface area contributed by atoms with E-state index in [1.807, 2.05) is 19.1 Å². The maximum absolute atomic E-state index is 11.7. The second-order valence-corrected chi connectivity index (χ2v) is 4.75. The van der Waals surface area contributed by atoms with Gasteiger partial charge in [-0.15, -0.1) is 0 Å². The Balaban J connectivity index is 2.45. The molecule has 0 aliphatic heterocycles. The number of aliphatic carboxylic acids is 1. The number of aryl methyl sites for hydroxylation is 1. The van der Waals surface area contributed by atoms with Crippen LogP contribution in [0.25, 0.3) is 0 Å². The molecule has 0 fully saturated rings. The number of carbonyl (C=O) groups is 3. The zero-order valence-corrected chi connectivity index (χ0v) is 12.4. The third kappa shape index (κ3) is 6.25. The maximum Gasteiger partial charge on any atom is 0.326 e. The van der Waals surface area contributed by atoms with Crippen LogP contribution in [0.2, 0.25) is 0 Å². The van der Waals surface area contributed by atoms with Crippen molar-refractivity contribution in [1.29, 1.82) is 0 Å². The number of carboxylic acid groups (broad SMARTS) is 1. The lowest BCUT2D eigenvalue weighted by molar-refractivity contribution is -0.142. The van der Waals surface area contributed by atoms with Crippen LogP contribution in [0.5, 0.6) is 5.75 Å². The Labute approximate surface area is 128 Å². The fourth-order valence-corrected chi connectivity index (χ4v) is 1.75. The maximum atomic E-state index is 11.7. The van der Waals surface area contributed by atoms with Crippen molar-refractivity contribution >= 4 is 17.8 Å². The van der Waals surface area contributed by atoms with Gasteiger partial charge in [-0.25, -0.2) is 4.79 Å². The van der Waals surface area contributed by atoms with Crippen LogP contribution in [0.3, 0.4) is 0 Å². The number of primary amides is 1. The molecule has 0 aliphatic rings. The summed E-state index contributed by atoms with van der Waals surface area (Å²) in [5.74, 6) is -1.89. The Kier molecular flexibility index (Phi) is 6.88. The van der Waals surface area contributed by atoms with Gasteiger partial charge in [0.05, 0.1) is 0 Å². The van der Waals surface area contributed by atoms with E-state index in [0.717, 1.165) is 12.0 Å². The number of benzene rings is 1. The minimum absolute atomic E-state index is 0.0540. The number of rotatable bonds is 9. The highest BCUT2D eigenvalue weighted by Gasteiger charge is 2.20. The molecule has 0 saturated heterocycles. The summed E-state index contributed by atoms with van der Waals surface area (Å²) < 4.78 is 5.28. The van der Waals surface area contributed by atoms with Crippen LogP contribution in [-0.4, -0.2) is 35.5 Å². The van der Waals surface area contributed by atoms with Gasteiger partial charge in [0.1, 0.15) is 11.8 Å². The van der Waals surface area contributed by atoms with Crippen LogP contribution >= 0.6 is 0 Å². The summed E-state index contributed by atoms with van der Waals surface area (Å²) in [6.07, 6.45) is 0.735. The predicted molar refractivity (Wildman–Crippen MR) is 79.3 cm³/mol. The van der Waals surface area contributed by atoms with E-state index in [0.29, 0.717) is 5.75 Å². The summed E-state index contributed by atoms with van der Waals surface area (Å²) in [5.41, 5.74) is 6.11. The third-order valence-electron chi connectivity index (χ3n) is 3.01. The first-order valence-electron chi connectivity index (χ1n) is 6.94. The average molecular weight is 308 g/mol. The molecule has 120 valence electrons. The van der Waals surface area contributed by atoms with Gasteiger partial charge in [-0.2, -0.15) is 0 Å². The summed E-state index contributed by atoms with van der Waals surface area (Å²) in [7, 11) is 0. The number of hydrogen-bond acceptors (Lipinski definition) is 4. The lowest BCUT2D eigenvalue weighted by atomic mass is 10.1. The number of carbonyl (C=O) groups excluding carboxylic acids is 2. The van der Waals surface area contributed by atoms with Crippen LogP contribution in [0.4, 0.5) is 0 Å². The first-order chi connectivity index (χ1) is 10.4. The molecule has 1 aromatic carbocycles. The summed E-state index contributed by atoms with van der Waals surface area (Å²) in [6.45, 7) is 1.73. The summed E-state index contributed by atoms with van der Waals surface area (Å²) in [4.78, 5) is 33.3. The molecule has 0 radical (unpaired) electrons. The Morgan fingerprint density at radius 2 is 1.91 bits per heavy atom. The van der Waals surface area contributed by atoms with E-state index in [2.05, 4.69) is 5.32 Å². The minimum atomic E-state index is -1.22. The Morgan fingerprint density at radius 1 is 1.27 bits per heavy atom. The van der Waals surface area contributed by atoms with Gasteiger partial charge in [0.2, 0.25) is 5.91 Å². The monoisotopic (exact) mass is 308 g/mol. The number of amides is 2. The van der Waals surface area contributed by atoms with Crippen molar-refractivity contribution in [2.45, 2.75) is 32.2 Å². The normalized spacial score (nSPS) is 11.5. The van der Waals surface area contributed by atoms with Crippen LogP contribution in [0, 0.1) is 0 Å². The highest BCUT2D eigenvalue weighted by Crippen LogP contribution is 2.12. The van der Waals surface area contributed by atoms with E-state index < -0.39 is 23.8 Å². The molecule has 4 N–H and O–H groups in total. The van der Waals surface area contributed by atoms with E-state index in [-0.39, 0.29) is 19.4 Å². The van der Waals surface area contributed by atoms with E-state index in [1.54, 1.807) is 12.1 Å². The highest BCUT2D eigenvalue weighted by atomic mass is 16.5. The van der Waals surface area contributed by atoms with Gasteiger partial charge in [-0.3, -0.25) is 9.59 Å². The quantitative estimate of drug-likeness (QED) is 0.612. The van der Waals surface area contributed by atoms with E-state index in [9.17, 15) is 14.4 Å². The fourth-order valence-electron chi connectivity index (χ4n) is 1.75. The average Bonchev–Trinajstić information content (AvgIpc) is 2.49. The number of ether oxygens (including phenoxy) is 1. The van der Waals surface area contributed by atoms with Crippen molar-refractivity contribution in [3.63, 3.8) is 0 Å². The molecule has 0 unspecified atom stereocenters. The molecule has 7 nitrogen and oxygen atoms in total. The zero-order chi connectivity index (χ0) is 16.5. The fraction of sp³-hybridized carbons (Fsp3) is 0.400. The second kappa shape index (κ2) is 8.66. The van der Waals surface area contributed by atoms with E-state index in [1.165, 1.54) is 0 Å². The highest BCUT2D eigenvalue weighted by molar-refractivity contribution is 5.85. The molecule has 0 aliphatic carbocycles. The van der Waals surface area contributed by atoms with Crippen LogP contribution in [-0.2, 0) is 20.8 Å². The number of carboxylic acids is 1. The first kappa shape index (κ1) is 17.5. The first-order valence-corrected chi connectivity index (χ1v) is 6.94. The van der Waals surface area contributed by atoms with Gasteiger partial charge in [0, 0.05) is 6.42 Å². The molecular weight excluding hydrogens is 288 g/mol. The van der Waals surface area contributed by atoms with Crippen LogP contribution < -0.4 is 15.8 Å². The van der Waals surface area contributed by atoms with Crippen molar-refractivity contribution in [3.8, 4) is 5.75 Å². The van der Waals surface area contributed by atoms with Gasteiger partial charge >= 0.3 is 5.97 Å². The molecule has 2 amide bonds. The molecule has 0 heterocycles. The van der Waals surface area contributed by atoms with Crippen LogP contribution in [0.15, 0.2) is 24.3 Å². The van der Waals surface area contributed by atoms with Gasteiger partial charge in [0.15, 0.2) is 6.61 Å². The van der Waals surface area contributed by atoms with Crippen molar-refractivity contribution in [2.24, 2.45) is 5.73 Å². The lowest BCUT2D eigenvalue weighted by Crippen LogP contribution is -2.43. The number of hydrogen-bond donors (Lipinski definition) is 3. The molecule has 0 spiro atoms. The Morgan fingerprint density at radius 3 is 2.41 bits per heavy atom. The van der Waals surface area contributed by atoms with Crippen molar-refractivity contribution < 1.29 is 24.2 Å². The van der Waals surface area contributed by atoms with E-state index in [4.69, 9.17) is 15.6 Å². The smallest absolute Gasteiger partial charge is 0.326 e. The van der Waals surface area contributed by atoms with Gasteiger partial charge in [-0.05, 0) is 30.5 Å². The number of nitrogens with two attached hydrogens (primary N) is 1. The molecule has 22 heavy (non-hydrogen) atoms. The van der Waals surface area contributed by atoms with Crippen molar-refractivity contribution in [3.05, 3.63) is 29.8 Å². The summed E-state index contributed by atoms with van der Waals surface area (Å²) >= 11 is 0. The summed E-state index contributed by atoms with van der Waals surface area (Å²) in [6, 6.07) is 6.10. The number of nitrogens with one attached hydrogen (secondary N) is 1. The Bertz CT molecular complexity index is 527. The molecule has 0 saturated carbocycles. The predicted octanol–water partition coefficient (Wildman–Crippen LogP) is 0.463. The largest absolute Gasteiger partial charge is 0.484 e. The molecule has 1 aromatic rings. The molecule has 1 atom stereocenters. The van der Waals surface area contributed by atoms with Gasteiger partial charge < -0.3 is 20.9 Å². The standard InChI is InChI=1S/C15H20N2O5/c1-2-10-3-5-11(6-4-10)22-9-14(19)17-12(15(20)21)7-8-13(16)18/h3-6,12H,2,7-9H2,1H3,(H2,16,18)(H,17,19)(H,20,21)/t12-/m0/s1. The van der Waals surface area contributed by atoms with Gasteiger partial charge in [0.25, 0.3) is 5.91 Å². The summed E-state index contributed by atoms with van der Waals surface area (Å²) in [5, 5.41) is 11.3. The Hall–Kier alpha value is -2.57. The van der Waals surface area contributed by atoms with Crippen molar-refractivity contribution in [2.75, 3.05) is 6.61 Å². The molecule has 7 heteroatoms. The molecule has 0 aromatic heterocycles. The minimum Gasteiger partial charge on any atom is -0.484 e. The van der Waals surface area contributed by atoms with Crippen molar-refractivity contribution in [1.82, 2.24) is 5.32 Å². The lowest BCUT2D eigenvalue weighted by Gasteiger charge is -2.14.